The summed E-state index contributed by atoms with van der Waals surface area (Å²) >= 11 is 0. The van der Waals surface area contributed by atoms with Gasteiger partial charge in [0.05, 0.1) is 25.6 Å². The fourth-order valence-corrected chi connectivity index (χ4v) is 6.00. The van der Waals surface area contributed by atoms with E-state index in [0.29, 0.717) is 6.54 Å². The van der Waals surface area contributed by atoms with Crippen LogP contribution in [0.25, 0.3) is 11.1 Å². The number of amides is 1. The Morgan fingerprint density at radius 2 is 1.77 bits per heavy atom. The molecule has 3 aromatic carbocycles. The van der Waals surface area contributed by atoms with Crippen molar-refractivity contribution < 1.29 is 29.0 Å². The monoisotopic (exact) mass is 538 g/mol. The number of alkyl carbamates (subject to hydrolysis) is 1. The molecular formula is C32H30N2O6. The molecule has 0 bridgehead atoms. The van der Waals surface area contributed by atoms with E-state index in [-0.39, 0.29) is 43.7 Å². The van der Waals surface area contributed by atoms with Gasteiger partial charge in [0, 0.05) is 11.5 Å². The van der Waals surface area contributed by atoms with Gasteiger partial charge in [0.25, 0.3) is 0 Å². The number of carbonyl (C=O) groups is 2. The number of benzene rings is 3. The fourth-order valence-electron chi connectivity index (χ4n) is 6.00. The Bertz CT molecular complexity index is 1450. The average Bonchev–Trinajstić information content (AvgIpc) is 3.60. The lowest BCUT2D eigenvalue weighted by Crippen LogP contribution is -2.35. The lowest BCUT2D eigenvalue weighted by atomic mass is 9.93. The summed E-state index contributed by atoms with van der Waals surface area (Å²) < 4.78 is 10.9. The van der Waals surface area contributed by atoms with E-state index < -0.39 is 18.2 Å². The van der Waals surface area contributed by atoms with Crippen molar-refractivity contribution in [2.75, 3.05) is 19.8 Å². The minimum Gasteiger partial charge on any atom is -0.461 e. The molecule has 204 valence electrons. The van der Waals surface area contributed by atoms with E-state index in [2.05, 4.69) is 41.4 Å². The SMILES string of the molecule is C[C@@H]1OC(=O)[C@@H]2[C@H]1[C@H](CO)ON2Cc1cccc(C#CCNC(=O)OCC2c3ccccc3-c3ccccc32)c1. The van der Waals surface area contributed by atoms with Gasteiger partial charge in [0.2, 0.25) is 0 Å². The molecule has 1 amide bonds. The van der Waals surface area contributed by atoms with Gasteiger partial charge in [0.15, 0.2) is 0 Å². The van der Waals surface area contributed by atoms with Gasteiger partial charge < -0.3 is 19.9 Å². The number of hydrogen-bond donors (Lipinski definition) is 2. The highest BCUT2D eigenvalue weighted by Crippen LogP contribution is 2.44. The summed E-state index contributed by atoms with van der Waals surface area (Å²) in [6, 6.07) is 23.5. The number of aliphatic hydroxyl groups is 1. The maximum absolute atomic E-state index is 12.4. The molecule has 0 radical (unpaired) electrons. The Morgan fingerprint density at radius 1 is 1.05 bits per heavy atom. The molecule has 2 aliphatic heterocycles. The van der Waals surface area contributed by atoms with Crippen LogP contribution in [0.2, 0.25) is 0 Å². The third kappa shape index (κ3) is 4.95. The Kier molecular flexibility index (Phi) is 7.27. The van der Waals surface area contributed by atoms with E-state index in [1.54, 1.807) is 5.06 Å². The van der Waals surface area contributed by atoms with Gasteiger partial charge in [-0.1, -0.05) is 72.5 Å². The van der Waals surface area contributed by atoms with Crippen LogP contribution in [0.1, 0.15) is 35.1 Å². The van der Waals surface area contributed by atoms with Crippen LogP contribution in [0.5, 0.6) is 0 Å². The molecule has 3 aliphatic rings. The smallest absolute Gasteiger partial charge is 0.407 e. The predicted molar refractivity (Wildman–Crippen MR) is 147 cm³/mol. The maximum Gasteiger partial charge on any atom is 0.407 e. The molecule has 0 unspecified atom stereocenters. The van der Waals surface area contributed by atoms with Crippen LogP contribution in [-0.4, -0.2) is 60.2 Å². The van der Waals surface area contributed by atoms with Crippen LogP contribution in [0.15, 0.2) is 72.8 Å². The molecule has 40 heavy (non-hydrogen) atoms. The zero-order valence-corrected chi connectivity index (χ0v) is 22.1. The Labute approximate surface area is 232 Å². The van der Waals surface area contributed by atoms with Crippen LogP contribution in [0, 0.1) is 17.8 Å². The third-order valence-electron chi connectivity index (χ3n) is 7.80. The number of ether oxygens (including phenoxy) is 2. The summed E-state index contributed by atoms with van der Waals surface area (Å²) in [6.07, 6.45) is -1.29. The number of rotatable bonds is 6. The first kappa shape index (κ1) is 26.1. The summed E-state index contributed by atoms with van der Waals surface area (Å²) in [5, 5.41) is 14.0. The van der Waals surface area contributed by atoms with Crippen molar-refractivity contribution in [2.24, 2.45) is 5.92 Å². The minimum absolute atomic E-state index is 0.00352. The van der Waals surface area contributed by atoms with E-state index in [0.717, 1.165) is 22.3 Å². The molecule has 2 N–H and O–H groups in total. The van der Waals surface area contributed by atoms with Gasteiger partial charge >= 0.3 is 12.1 Å². The molecule has 1 aliphatic carbocycles. The van der Waals surface area contributed by atoms with Crippen molar-refractivity contribution in [3.63, 3.8) is 0 Å². The minimum atomic E-state index is -0.539. The third-order valence-corrected chi connectivity index (χ3v) is 7.80. The van der Waals surface area contributed by atoms with Crippen LogP contribution in [0.4, 0.5) is 4.79 Å². The number of nitrogens with one attached hydrogen (secondary N) is 1. The van der Waals surface area contributed by atoms with Crippen molar-refractivity contribution in [3.05, 3.63) is 95.1 Å². The Hall–Kier alpha value is -4.16. The molecule has 8 heteroatoms. The summed E-state index contributed by atoms with van der Waals surface area (Å²) in [5.74, 6) is 5.49. The van der Waals surface area contributed by atoms with E-state index >= 15 is 0 Å². The van der Waals surface area contributed by atoms with E-state index in [4.69, 9.17) is 14.3 Å². The Balaban J connectivity index is 1.02. The highest BCUT2D eigenvalue weighted by Gasteiger charge is 2.56. The standard InChI is InChI=1S/C32H30N2O6/c1-20-29-28(18-35)40-34(30(29)31(36)39-20)17-22-9-6-8-21(16-22)10-7-15-33-32(37)38-19-27-25-13-4-2-11-23(25)24-12-3-5-14-26(24)27/h2-6,8-9,11-14,16,20,27-30,35H,15,17-19H2,1H3,(H,33,37)/t20-,28-,29+,30-/m0/s1. The first-order valence-electron chi connectivity index (χ1n) is 13.4. The van der Waals surface area contributed by atoms with Crippen LogP contribution < -0.4 is 5.32 Å². The van der Waals surface area contributed by atoms with Crippen LogP contribution >= 0.6 is 0 Å². The summed E-state index contributed by atoms with van der Waals surface area (Å²) in [7, 11) is 0. The summed E-state index contributed by atoms with van der Waals surface area (Å²) in [5.41, 5.74) is 6.36. The molecule has 2 fully saturated rings. The van der Waals surface area contributed by atoms with Crippen molar-refractivity contribution in [3.8, 4) is 23.0 Å². The number of aliphatic hydroxyl groups excluding tert-OH is 1. The highest BCUT2D eigenvalue weighted by atomic mass is 16.7. The fraction of sp³-hybridized carbons (Fsp3) is 0.312. The van der Waals surface area contributed by atoms with Gasteiger partial charge in [-0.2, -0.15) is 5.06 Å². The highest BCUT2D eigenvalue weighted by molar-refractivity contribution is 5.79. The molecule has 3 aromatic rings. The normalized spacial score (nSPS) is 23.0. The number of nitrogens with zero attached hydrogens (tertiary/aromatic N) is 1. The van der Waals surface area contributed by atoms with E-state index in [9.17, 15) is 14.7 Å². The van der Waals surface area contributed by atoms with Crippen LogP contribution in [0.3, 0.4) is 0 Å². The second-order valence-corrected chi connectivity index (χ2v) is 10.2. The number of cyclic esters (lactones) is 1. The number of hydrogen-bond acceptors (Lipinski definition) is 7. The Morgan fingerprint density at radius 3 is 2.50 bits per heavy atom. The average molecular weight is 539 g/mol. The molecule has 4 atom stereocenters. The van der Waals surface area contributed by atoms with Crippen molar-refractivity contribution in [2.45, 2.75) is 37.6 Å². The maximum atomic E-state index is 12.4. The van der Waals surface area contributed by atoms with Crippen molar-refractivity contribution in [1.82, 2.24) is 10.4 Å². The lowest BCUT2D eigenvalue weighted by Gasteiger charge is -2.20. The molecule has 8 nitrogen and oxygen atoms in total. The predicted octanol–water partition coefficient (Wildman–Crippen LogP) is 3.62. The second-order valence-electron chi connectivity index (χ2n) is 10.2. The number of carbonyl (C=O) groups excluding carboxylic acids is 2. The number of hydroxylamine groups is 2. The molecule has 0 spiro atoms. The zero-order valence-electron chi connectivity index (χ0n) is 22.1. The zero-order chi connectivity index (χ0) is 27.6. The van der Waals surface area contributed by atoms with Gasteiger partial charge in [-0.25, -0.2) is 4.79 Å². The summed E-state index contributed by atoms with van der Waals surface area (Å²) in [4.78, 5) is 30.6. The van der Waals surface area contributed by atoms with Gasteiger partial charge in [-0.15, -0.1) is 0 Å². The number of fused-ring (bicyclic) bond motifs is 4. The lowest BCUT2D eigenvalue weighted by molar-refractivity contribution is -0.195. The van der Waals surface area contributed by atoms with Gasteiger partial charge in [0.1, 0.15) is 24.9 Å². The largest absolute Gasteiger partial charge is 0.461 e. The van der Waals surface area contributed by atoms with Crippen LogP contribution in [-0.2, 0) is 25.7 Å². The van der Waals surface area contributed by atoms with E-state index in [1.807, 2.05) is 55.5 Å². The van der Waals surface area contributed by atoms with Gasteiger partial charge in [-0.05, 0) is 46.9 Å². The quantitative estimate of drug-likeness (QED) is 0.366. The summed E-state index contributed by atoms with van der Waals surface area (Å²) in [6.45, 7) is 2.39. The molecule has 6 rings (SSSR count). The molecular weight excluding hydrogens is 508 g/mol. The molecule has 2 heterocycles. The topological polar surface area (TPSA) is 97.3 Å². The molecule has 0 aromatic heterocycles. The molecule has 0 saturated carbocycles. The van der Waals surface area contributed by atoms with Crippen molar-refractivity contribution in [1.29, 1.82) is 0 Å². The second kappa shape index (κ2) is 11.1. The van der Waals surface area contributed by atoms with Gasteiger partial charge in [-0.3, -0.25) is 9.63 Å². The molecule has 2 saturated heterocycles. The first-order chi connectivity index (χ1) is 19.5. The number of esters is 1. The van der Waals surface area contributed by atoms with E-state index in [1.165, 1.54) is 11.1 Å². The van der Waals surface area contributed by atoms with Crippen molar-refractivity contribution >= 4 is 12.1 Å². The first-order valence-corrected chi connectivity index (χ1v) is 13.4.